The Hall–Kier alpha value is -0.960. The molecular weight excluding hydrogens is 208 g/mol. The SMILES string of the molecule is CCOC(=O)[C@H](SCC)c1ccccc1. The number of hydrogen-bond donors (Lipinski definition) is 0. The second kappa shape index (κ2) is 6.51. The summed E-state index contributed by atoms with van der Waals surface area (Å²) in [7, 11) is 0. The molecule has 0 heterocycles. The van der Waals surface area contributed by atoms with Gasteiger partial charge in [0.25, 0.3) is 0 Å². The van der Waals surface area contributed by atoms with Crippen molar-refractivity contribution in [1.29, 1.82) is 0 Å². The van der Waals surface area contributed by atoms with Crippen molar-refractivity contribution in [2.45, 2.75) is 19.1 Å². The molecule has 0 saturated carbocycles. The summed E-state index contributed by atoms with van der Waals surface area (Å²) in [4.78, 5) is 11.7. The first-order valence-electron chi connectivity index (χ1n) is 5.12. The van der Waals surface area contributed by atoms with Gasteiger partial charge >= 0.3 is 5.97 Å². The third-order valence-corrected chi connectivity index (χ3v) is 3.07. The zero-order chi connectivity index (χ0) is 11.1. The minimum atomic E-state index is -0.184. The van der Waals surface area contributed by atoms with E-state index in [4.69, 9.17) is 4.74 Å². The Morgan fingerprint density at radius 1 is 1.33 bits per heavy atom. The standard InChI is InChI=1S/C12H16O2S/c1-3-14-12(13)11(15-4-2)10-8-6-5-7-9-10/h5-9,11H,3-4H2,1-2H3/t11-/m1/s1. The van der Waals surface area contributed by atoms with E-state index in [1.54, 1.807) is 11.8 Å². The van der Waals surface area contributed by atoms with Crippen LogP contribution in [0.4, 0.5) is 0 Å². The molecular formula is C12H16O2S. The molecule has 1 atom stereocenters. The maximum atomic E-state index is 11.7. The smallest absolute Gasteiger partial charge is 0.323 e. The van der Waals surface area contributed by atoms with Gasteiger partial charge in [-0.1, -0.05) is 37.3 Å². The monoisotopic (exact) mass is 224 g/mol. The van der Waals surface area contributed by atoms with Crippen molar-refractivity contribution in [2.75, 3.05) is 12.4 Å². The summed E-state index contributed by atoms with van der Waals surface area (Å²) in [6.45, 7) is 4.31. The average Bonchev–Trinajstić information content (AvgIpc) is 2.27. The van der Waals surface area contributed by atoms with Gasteiger partial charge in [-0.15, -0.1) is 11.8 Å². The van der Waals surface area contributed by atoms with Crippen molar-refractivity contribution in [1.82, 2.24) is 0 Å². The minimum absolute atomic E-state index is 0.143. The summed E-state index contributed by atoms with van der Waals surface area (Å²) in [6.07, 6.45) is 0. The van der Waals surface area contributed by atoms with Gasteiger partial charge in [0.1, 0.15) is 5.25 Å². The highest BCUT2D eigenvalue weighted by Crippen LogP contribution is 2.29. The fourth-order valence-electron chi connectivity index (χ4n) is 1.31. The molecule has 1 aromatic carbocycles. The molecule has 0 saturated heterocycles. The molecule has 0 aliphatic carbocycles. The number of carbonyl (C=O) groups is 1. The summed E-state index contributed by atoms with van der Waals surface area (Å²) >= 11 is 1.60. The minimum Gasteiger partial charge on any atom is -0.465 e. The molecule has 15 heavy (non-hydrogen) atoms. The fraction of sp³-hybridized carbons (Fsp3) is 0.417. The summed E-state index contributed by atoms with van der Waals surface area (Å²) in [5.74, 6) is 0.758. The van der Waals surface area contributed by atoms with Gasteiger partial charge in [-0.2, -0.15) is 0 Å². The van der Waals surface area contributed by atoms with Gasteiger partial charge in [0, 0.05) is 0 Å². The van der Waals surface area contributed by atoms with Gasteiger partial charge in [-0.05, 0) is 18.2 Å². The van der Waals surface area contributed by atoms with Gasteiger partial charge in [0.05, 0.1) is 6.61 Å². The molecule has 0 amide bonds. The second-order valence-corrected chi connectivity index (χ2v) is 4.38. The van der Waals surface area contributed by atoms with Crippen LogP contribution in [-0.4, -0.2) is 18.3 Å². The first-order chi connectivity index (χ1) is 7.29. The van der Waals surface area contributed by atoms with Crippen LogP contribution in [0.15, 0.2) is 30.3 Å². The van der Waals surface area contributed by atoms with Crippen LogP contribution in [0.2, 0.25) is 0 Å². The highest BCUT2D eigenvalue weighted by molar-refractivity contribution is 8.00. The van der Waals surface area contributed by atoms with Crippen LogP contribution in [0.5, 0.6) is 0 Å². The number of thioether (sulfide) groups is 1. The van der Waals surface area contributed by atoms with Crippen molar-refractivity contribution >= 4 is 17.7 Å². The lowest BCUT2D eigenvalue weighted by Gasteiger charge is -2.14. The van der Waals surface area contributed by atoms with E-state index in [2.05, 4.69) is 0 Å². The predicted molar refractivity (Wildman–Crippen MR) is 63.9 cm³/mol. The molecule has 3 heteroatoms. The maximum absolute atomic E-state index is 11.7. The number of rotatable bonds is 5. The maximum Gasteiger partial charge on any atom is 0.323 e. The second-order valence-electron chi connectivity index (χ2n) is 3.00. The van der Waals surface area contributed by atoms with Crippen LogP contribution >= 0.6 is 11.8 Å². The Kier molecular flexibility index (Phi) is 5.26. The third kappa shape index (κ3) is 3.59. The van der Waals surface area contributed by atoms with Crippen molar-refractivity contribution in [3.05, 3.63) is 35.9 Å². The van der Waals surface area contributed by atoms with Gasteiger partial charge in [0.15, 0.2) is 0 Å². The van der Waals surface area contributed by atoms with Crippen LogP contribution < -0.4 is 0 Å². The van der Waals surface area contributed by atoms with Crippen molar-refractivity contribution in [3.63, 3.8) is 0 Å². The van der Waals surface area contributed by atoms with E-state index in [0.29, 0.717) is 6.61 Å². The van der Waals surface area contributed by atoms with Gasteiger partial charge in [-0.25, -0.2) is 0 Å². The normalized spacial score (nSPS) is 12.1. The molecule has 1 aromatic rings. The number of hydrogen-bond acceptors (Lipinski definition) is 3. The van der Waals surface area contributed by atoms with Crippen molar-refractivity contribution in [2.24, 2.45) is 0 Å². The molecule has 0 aliphatic heterocycles. The summed E-state index contributed by atoms with van der Waals surface area (Å²) < 4.78 is 5.05. The van der Waals surface area contributed by atoms with E-state index < -0.39 is 0 Å². The first kappa shape index (κ1) is 12.1. The van der Waals surface area contributed by atoms with Crippen LogP contribution in [0, 0.1) is 0 Å². The third-order valence-electron chi connectivity index (χ3n) is 1.94. The number of benzene rings is 1. The van der Waals surface area contributed by atoms with Crippen LogP contribution in [0.3, 0.4) is 0 Å². The highest BCUT2D eigenvalue weighted by atomic mass is 32.2. The fourth-order valence-corrected chi connectivity index (χ4v) is 2.20. The Morgan fingerprint density at radius 2 is 2.00 bits per heavy atom. The number of ether oxygens (including phenoxy) is 1. The molecule has 0 N–H and O–H groups in total. The van der Waals surface area contributed by atoms with Gasteiger partial charge in [0.2, 0.25) is 0 Å². The Bertz CT molecular complexity index is 298. The highest BCUT2D eigenvalue weighted by Gasteiger charge is 2.21. The Morgan fingerprint density at radius 3 is 2.53 bits per heavy atom. The lowest BCUT2D eigenvalue weighted by molar-refractivity contribution is -0.142. The molecule has 0 aliphatic rings. The molecule has 0 bridgehead atoms. The molecule has 2 nitrogen and oxygen atoms in total. The lowest BCUT2D eigenvalue weighted by Crippen LogP contribution is -2.13. The van der Waals surface area contributed by atoms with Gasteiger partial charge < -0.3 is 4.74 Å². The van der Waals surface area contributed by atoms with Crippen molar-refractivity contribution in [3.8, 4) is 0 Å². The van der Waals surface area contributed by atoms with E-state index in [9.17, 15) is 4.79 Å². The number of esters is 1. The summed E-state index contributed by atoms with van der Waals surface area (Å²) in [6, 6.07) is 9.76. The Balaban J connectivity index is 2.78. The Labute approximate surface area is 95.0 Å². The predicted octanol–water partition coefficient (Wildman–Crippen LogP) is 3.04. The summed E-state index contributed by atoms with van der Waals surface area (Å²) in [5.41, 5.74) is 1.02. The van der Waals surface area contributed by atoms with E-state index in [-0.39, 0.29) is 11.2 Å². The van der Waals surface area contributed by atoms with Crippen LogP contribution in [0.1, 0.15) is 24.7 Å². The molecule has 0 spiro atoms. The lowest BCUT2D eigenvalue weighted by atomic mass is 10.1. The molecule has 0 aromatic heterocycles. The van der Waals surface area contributed by atoms with Gasteiger partial charge in [-0.3, -0.25) is 4.79 Å². The number of carbonyl (C=O) groups excluding carboxylic acids is 1. The van der Waals surface area contributed by atoms with E-state index in [0.717, 1.165) is 11.3 Å². The van der Waals surface area contributed by atoms with E-state index >= 15 is 0 Å². The summed E-state index contributed by atoms with van der Waals surface area (Å²) in [5, 5.41) is -0.184. The van der Waals surface area contributed by atoms with Crippen LogP contribution in [-0.2, 0) is 9.53 Å². The quantitative estimate of drug-likeness (QED) is 0.719. The first-order valence-corrected chi connectivity index (χ1v) is 6.17. The van der Waals surface area contributed by atoms with Crippen molar-refractivity contribution < 1.29 is 9.53 Å². The zero-order valence-electron chi connectivity index (χ0n) is 9.10. The van der Waals surface area contributed by atoms with E-state index in [1.807, 2.05) is 44.2 Å². The largest absolute Gasteiger partial charge is 0.465 e. The molecule has 0 radical (unpaired) electrons. The molecule has 0 fully saturated rings. The van der Waals surface area contributed by atoms with Crippen LogP contribution in [0.25, 0.3) is 0 Å². The molecule has 0 unspecified atom stereocenters. The topological polar surface area (TPSA) is 26.3 Å². The molecule has 82 valence electrons. The van der Waals surface area contributed by atoms with E-state index in [1.165, 1.54) is 0 Å². The zero-order valence-corrected chi connectivity index (χ0v) is 9.92. The average molecular weight is 224 g/mol. The molecule has 1 rings (SSSR count).